The van der Waals surface area contributed by atoms with Gasteiger partial charge in [-0.2, -0.15) is 0 Å². The third-order valence-corrected chi connectivity index (χ3v) is 3.92. The first kappa shape index (κ1) is 11.9. The second kappa shape index (κ2) is 5.69. The summed E-state index contributed by atoms with van der Waals surface area (Å²) >= 11 is 3.47. The number of hydrogen-bond acceptors (Lipinski definition) is 2. The fourth-order valence-electron chi connectivity index (χ4n) is 2.12. The SMILES string of the molecule is CCN1CCN(c2ccc(CBr)cc2)CC1. The number of rotatable bonds is 3. The molecule has 1 heterocycles. The van der Waals surface area contributed by atoms with Gasteiger partial charge < -0.3 is 9.80 Å². The monoisotopic (exact) mass is 282 g/mol. The molecular weight excluding hydrogens is 264 g/mol. The van der Waals surface area contributed by atoms with E-state index in [1.165, 1.54) is 30.9 Å². The van der Waals surface area contributed by atoms with Crippen LogP contribution < -0.4 is 4.90 Å². The zero-order valence-electron chi connectivity index (χ0n) is 9.82. The van der Waals surface area contributed by atoms with E-state index in [0.717, 1.165) is 18.4 Å². The summed E-state index contributed by atoms with van der Waals surface area (Å²) in [5, 5.41) is 0.941. The summed E-state index contributed by atoms with van der Waals surface area (Å²) < 4.78 is 0. The molecule has 0 N–H and O–H groups in total. The molecule has 16 heavy (non-hydrogen) atoms. The van der Waals surface area contributed by atoms with Gasteiger partial charge in [-0.1, -0.05) is 35.0 Å². The van der Waals surface area contributed by atoms with Crippen LogP contribution in [0.5, 0.6) is 0 Å². The lowest BCUT2D eigenvalue weighted by Crippen LogP contribution is -2.46. The van der Waals surface area contributed by atoms with Gasteiger partial charge in [-0.05, 0) is 24.2 Å². The highest BCUT2D eigenvalue weighted by Crippen LogP contribution is 2.18. The van der Waals surface area contributed by atoms with Gasteiger partial charge in [-0.15, -0.1) is 0 Å². The van der Waals surface area contributed by atoms with E-state index < -0.39 is 0 Å². The van der Waals surface area contributed by atoms with Gasteiger partial charge in [0.15, 0.2) is 0 Å². The summed E-state index contributed by atoms with van der Waals surface area (Å²) in [6.45, 7) is 8.10. The third-order valence-electron chi connectivity index (χ3n) is 3.28. The van der Waals surface area contributed by atoms with Crippen molar-refractivity contribution >= 4 is 21.6 Å². The molecule has 0 radical (unpaired) electrons. The summed E-state index contributed by atoms with van der Waals surface area (Å²) in [6.07, 6.45) is 0. The molecule has 2 rings (SSSR count). The highest BCUT2D eigenvalue weighted by molar-refractivity contribution is 9.08. The van der Waals surface area contributed by atoms with Crippen LogP contribution in [0.1, 0.15) is 12.5 Å². The predicted molar refractivity (Wildman–Crippen MR) is 73.4 cm³/mol. The van der Waals surface area contributed by atoms with E-state index in [1.54, 1.807) is 0 Å². The first-order valence-corrected chi connectivity index (χ1v) is 7.08. The molecule has 1 saturated heterocycles. The van der Waals surface area contributed by atoms with E-state index in [1.807, 2.05) is 0 Å². The van der Waals surface area contributed by atoms with Crippen LogP contribution in [0.4, 0.5) is 5.69 Å². The van der Waals surface area contributed by atoms with Crippen molar-refractivity contribution in [1.82, 2.24) is 4.90 Å². The molecule has 1 aliphatic rings. The average molecular weight is 283 g/mol. The zero-order chi connectivity index (χ0) is 11.4. The maximum atomic E-state index is 3.47. The second-order valence-electron chi connectivity index (χ2n) is 4.22. The van der Waals surface area contributed by atoms with Crippen molar-refractivity contribution in [3.8, 4) is 0 Å². The Bertz CT molecular complexity index is 315. The molecule has 0 saturated carbocycles. The van der Waals surface area contributed by atoms with E-state index in [0.29, 0.717) is 0 Å². The van der Waals surface area contributed by atoms with Crippen LogP contribution in [0.3, 0.4) is 0 Å². The topological polar surface area (TPSA) is 6.48 Å². The van der Waals surface area contributed by atoms with Gasteiger partial charge in [0, 0.05) is 37.2 Å². The molecule has 2 nitrogen and oxygen atoms in total. The molecule has 1 aromatic rings. The van der Waals surface area contributed by atoms with E-state index in [-0.39, 0.29) is 0 Å². The Hall–Kier alpha value is -0.540. The molecule has 3 heteroatoms. The molecule has 0 amide bonds. The Balaban J connectivity index is 1.97. The van der Waals surface area contributed by atoms with Gasteiger partial charge in [-0.25, -0.2) is 0 Å². The number of hydrogen-bond donors (Lipinski definition) is 0. The summed E-state index contributed by atoms with van der Waals surface area (Å²) in [5.74, 6) is 0. The molecule has 0 spiro atoms. The Kier molecular flexibility index (Phi) is 4.24. The van der Waals surface area contributed by atoms with Gasteiger partial charge in [0.2, 0.25) is 0 Å². The van der Waals surface area contributed by atoms with Gasteiger partial charge in [0.25, 0.3) is 0 Å². The van der Waals surface area contributed by atoms with Crippen molar-refractivity contribution in [2.24, 2.45) is 0 Å². The maximum Gasteiger partial charge on any atom is 0.0367 e. The molecule has 0 atom stereocenters. The van der Waals surface area contributed by atoms with E-state index >= 15 is 0 Å². The molecule has 88 valence electrons. The summed E-state index contributed by atoms with van der Waals surface area (Å²) in [7, 11) is 0. The predicted octanol–water partition coefficient (Wildman–Crippen LogP) is 2.72. The van der Waals surface area contributed by atoms with Crippen LogP contribution in [0.15, 0.2) is 24.3 Å². The second-order valence-corrected chi connectivity index (χ2v) is 4.78. The molecular formula is C13H19BrN2. The normalized spacial score (nSPS) is 17.8. The molecule has 0 bridgehead atoms. The summed E-state index contributed by atoms with van der Waals surface area (Å²) in [6, 6.07) is 8.88. The fraction of sp³-hybridized carbons (Fsp3) is 0.538. The van der Waals surface area contributed by atoms with Crippen LogP contribution in [-0.2, 0) is 5.33 Å². The minimum absolute atomic E-state index is 0.941. The van der Waals surface area contributed by atoms with Gasteiger partial charge >= 0.3 is 0 Å². The smallest absolute Gasteiger partial charge is 0.0367 e. The van der Waals surface area contributed by atoms with Crippen molar-refractivity contribution in [3.63, 3.8) is 0 Å². The zero-order valence-corrected chi connectivity index (χ0v) is 11.4. The van der Waals surface area contributed by atoms with Crippen molar-refractivity contribution in [3.05, 3.63) is 29.8 Å². The van der Waals surface area contributed by atoms with Crippen LogP contribution in [0.2, 0.25) is 0 Å². The van der Waals surface area contributed by atoms with Crippen molar-refractivity contribution in [1.29, 1.82) is 0 Å². The average Bonchev–Trinajstić information content (AvgIpc) is 2.39. The van der Waals surface area contributed by atoms with Crippen molar-refractivity contribution in [2.75, 3.05) is 37.6 Å². The molecule has 0 unspecified atom stereocenters. The number of halogens is 1. The van der Waals surface area contributed by atoms with Gasteiger partial charge in [0.05, 0.1) is 0 Å². The highest BCUT2D eigenvalue weighted by atomic mass is 79.9. The Morgan fingerprint density at radius 3 is 2.19 bits per heavy atom. The Morgan fingerprint density at radius 2 is 1.69 bits per heavy atom. The lowest BCUT2D eigenvalue weighted by atomic mass is 10.2. The fourth-order valence-corrected chi connectivity index (χ4v) is 2.49. The Labute approximate surface area is 106 Å². The summed E-state index contributed by atoms with van der Waals surface area (Å²) in [4.78, 5) is 4.98. The van der Waals surface area contributed by atoms with Crippen LogP contribution in [0, 0.1) is 0 Å². The lowest BCUT2D eigenvalue weighted by Gasteiger charge is -2.35. The van der Waals surface area contributed by atoms with E-state index in [2.05, 4.69) is 56.9 Å². The van der Waals surface area contributed by atoms with Gasteiger partial charge in [-0.3, -0.25) is 0 Å². The number of likely N-dealkylation sites (N-methyl/N-ethyl adjacent to an activating group) is 1. The Morgan fingerprint density at radius 1 is 1.06 bits per heavy atom. The first-order valence-electron chi connectivity index (χ1n) is 5.95. The lowest BCUT2D eigenvalue weighted by molar-refractivity contribution is 0.271. The van der Waals surface area contributed by atoms with E-state index in [4.69, 9.17) is 0 Å². The molecule has 1 fully saturated rings. The van der Waals surface area contributed by atoms with Crippen molar-refractivity contribution < 1.29 is 0 Å². The number of piperazine rings is 1. The minimum Gasteiger partial charge on any atom is -0.369 e. The number of alkyl halides is 1. The largest absolute Gasteiger partial charge is 0.369 e. The quantitative estimate of drug-likeness (QED) is 0.787. The summed E-state index contributed by atoms with van der Waals surface area (Å²) in [5.41, 5.74) is 2.70. The number of anilines is 1. The molecule has 1 aliphatic heterocycles. The molecule has 0 aromatic heterocycles. The van der Waals surface area contributed by atoms with Crippen molar-refractivity contribution in [2.45, 2.75) is 12.3 Å². The number of nitrogens with zero attached hydrogens (tertiary/aromatic N) is 2. The first-order chi connectivity index (χ1) is 7.83. The highest BCUT2D eigenvalue weighted by Gasteiger charge is 2.15. The van der Waals surface area contributed by atoms with Crippen LogP contribution in [0.25, 0.3) is 0 Å². The maximum absolute atomic E-state index is 3.47. The molecule has 0 aliphatic carbocycles. The van der Waals surface area contributed by atoms with E-state index in [9.17, 15) is 0 Å². The van der Waals surface area contributed by atoms with Crippen LogP contribution >= 0.6 is 15.9 Å². The van der Waals surface area contributed by atoms with Gasteiger partial charge in [0.1, 0.15) is 0 Å². The standard InChI is InChI=1S/C13H19BrN2/c1-2-15-7-9-16(10-8-15)13-5-3-12(11-14)4-6-13/h3-6H,2,7-11H2,1H3. The molecule has 1 aromatic carbocycles. The van der Waals surface area contributed by atoms with Crippen LogP contribution in [-0.4, -0.2) is 37.6 Å². The third kappa shape index (κ3) is 2.77. The minimum atomic E-state index is 0.941. The number of benzene rings is 1.